The van der Waals surface area contributed by atoms with Crippen LogP contribution in [0.25, 0.3) is 11.1 Å². The molecule has 0 nitrogen and oxygen atoms in total. The molecule has 0 bridgehead atoms. The number of benzene rings is 2. The first kappa shape index (κ1) is 17.1. The molecule has 0 unspecified atom stereocenters. The van der Waals surface area contributed by atoms with Crippen molar-refractivity contribution in [3.63, 3.8) is 0 Å². The molecule has 2 rings (SSSR count). The molecule has 0 heteroatoms. The van der Waals surface area contributed by atoms with Gasteiger partial charge in [-0.3, -0.25) is 0 Å². The second kappa shape index (κ2) is 10.7. The minimum absolute atomic E-state index is 1.22. The maximum Gasteiger partial charge on any atom is -0.0184 e. The van der Waals surface area contributed by atoms with Crippen LogP contribution in [0.15, 0.2) is 54.6 Å². The third-order valence-electron chi connectivity index (χ3n) is 3.63. The molecule has 0 heterocycles. The molecule has 21 heavy (non-hydrogen) atoms. The van der Waals surface area contributed by atoms with Gasteiger partial charge in [-0.25, -0.2) is 0 Å². The monoisotopic (exact) mass is 278 g/mol. The Kier molecular flexibility index (Phi) is 8.73. The molecule has 0 radical (unpaired) electrons. The van der Waals surface area contributed by atoms with Gasteiger partial charge in [-0.15, -0.1) is 12.8 Å². The Balaban J connectivity index is 0.00000106. The average Bonchev–Trinajstić information content (AvgIpc) is 2.58. The predicted molar refractivity (Wildman–Crippen MR) is 94.2 cm³/mol. The third-order valence-corrected chi connectivity index (χ3v) is 3.63. The van der Waals surface area contributed by atoms with E-state index in [4.69, 9.17) is 0 Å². The highest BCUT2D eigenvalue weighted by atomic mass is 14.0. The summed E-state index contributed by atoms with van der Waals surface area (Å²) in [6.07, 6.45) is 16.0. The standard InChI is InChI=1S/C19H24.C2H2/c1-2-3-4-5-7-10-17-13-15-19(16-14-17)18-11-8-6-9-12-18;1-2/h6,8-9,11-16H,2-5,7,10H2,1H3;1-2H. The second-order valence-corrected chi connectivity index (χ2v) is 5.23. The molecule has 110 valence electrons. The zero-order chi connectivity index (χ0) is 15.3. The van der Waals surface area contributed by atoms with E-state index in [0.717, 1.165) is 0 Å². The molecule has 0 aromatic heterocycles. The maximum absolute atomic E-state index is 4.00. The molecule has 0 N–H and O–H groups in total. The fourth-order valence-electron chi connectivity index (χ4n) is 2.43. The van der Waals surface area contributed by atoms with E-state index in [1.54, 1.807) is 0 Å². The zero-order valence-corrected chi connectivity index (χ0v) is 13.1. The Hall–Kier alpha value is -2.00. The van der Waals surface area contributed by atoms with Gasteiger partial charge < -0.3 is 0 Å². The van der Waals surface area contributed by atoms with Crippen LogP contribution < -0.4 is 0 Å². The van der Waals surface area contributed by atoms with Crippen molar-refractivity contribution in [1.82, 2.24) is 0 Å². The van der Waals surface area contributed by atoms with Crippen LogP contribution in [0.5, 0.6) is 0 Å². The van der Waals surface area contributed by atoms with E-state index < -0.39 is 0 Å². The van der Waals surface area contributed by atoms with Gasteiger partial charge in [-0.05, 0) is 29.5 Å². The third kappa shape index (κ3) is 6.32. The van der Waals surface area contributed by atoms with Crippen molar-refractivity contribution in [3.8, 4) is 24.0 Å². The molecule has 0 fully saturated rings. The topological polar surface area (TPSA) is 0 Å². The molecule has 0 saturated heterocycles. The molecule has 2 aromatic carbocycles. The number of hydrogen-bond donors (Lipinski definition) is 0. The lowest BCUT2D eigenvalue weighted by Gasteiger charge is -2.05. The molecule has 0 aliphatic rings. The van der Waals surface area contributed by atoms with E-state index >= 15 is 0 Å². The van der Waals surface area contributed by atoms with Gasteiger partial charge in [0.2, 0.25) is 0 Å². The molecule has 0 spiro atoms. The van der Waals surface area contributed by atoms with Gasteiger partial charge >= 0.3 is 0 Å². The van der Waals surface area contributed by atoms with Crippen LogP contribution in [0.3, 0.4) is 0 Å². The average molecular weight is 278 g/mol. The SMILES string of the molecule is C#C.CCCCCCCc1ccc(-c2ccccc2)cc1. The molecular weight excluding hydrogens is 252 g/mol. The molecule has 0 atom stereocenters. The number of rotatable bonds is 7. The Morgan fingerprint density at radius 3 is 1.86 bits per heavy atom. The van der Waals surface area contributed by atoms with Crippen molar-refractivity contribution in [3.05, 3.63) is 60.2 Å². The Labute approximate surface area is 130 Å². The summed E-state index contributed by atoms with van der Waals surface area (Å²) < 4.78 is 0. The number of aryl methyl sites for hydroxylation is 1. The lowest BCUT2D eigenvalue weighted by atomic mass is 10.0. The largest absolute Gasteiger partial charge is 0.124 e. The van der Waals surface area contributed by atoms with E-state index in [1.165, 1.54) is 55.2 Å². The van der Waals surface area contributed by atoms with Crippen molar-refractivity contribution < 1.29 is 0 Å². The van der Waals surface area contributed by atoms with E-state index in [1.807, 2.05) is 0 Å². The van der Waals surface area contributed by atoms with Crippen molar-refractivity contribution in [2.24, 2.45) is 0 Å². The summed E-state index contributed by atoms with van der Waals surface area (Å²) in [5.41, 5.74) is 4.09. The highest BCUT2D eigenvalue weighted by molar-refractivity contribution is 5.63. The van der Waals surface area contributed by atoms with Gasteiger partial charge in [-0.1, -0.05) is 87.2 Å². The van der Waals surface area contributed by atoms with Gasteiger partial charge in [0.05, 0.1) is 0 Å². The first-order chi connectivity index (χ1) is 10.4. The Bertz CT molecular complexity index is 491. The highest BCUT2D eigenvalue weighted by Gasteiger charge is 1.97. The quantitative estimate of drug-likeness (QED) is 0.423. The van der Waals surface area contributed by atoms with Crippen LogP contribution >= 0.6 is 0 Å². The van der Waals surface area contributed by atoms with E-state index in [9.17, 15) is 0 Å². The van der Waals surface area contributed by atoms with E-state index in [0.29, 0.717) is 0 Å². The van der Waals surface area contributed by atoms with Crippen LogP contribution in [0.1, 0.15) is 44.6 Å². The Morgan fingerprint density at radius 1 is 0.667 bits per heavy atom. The molecule has 0 aliphatic heterocycles. The summed E-state index contributed by atoms with van der Waals surface area (Å²) in [5, 5.41) is 0. The van der Waals surface area contributed by atoms with Crippen LogP contribution in [-0.2, 0) is 6.42 Å². The minimum Gasteiger partial charge on any atom is -0.124 e. The predicted octanol–water partition coefficient (Wildman–Crippen LogP) is 6.12. The second-order valence-electron chi connectivity index (χ2n) is 5.23. The van der Waals surface area contributed by atoms with E-state index in [-0.39, 0.29) is 0 Å². The summed E-state index contributed by atoms with van der Waals surface area (Å²) in [5.74, 6) is 0. The molecule has 0 amide bonds. The van der Waals surface area contributed by atoms with Gasteiger partial charge in [0.1, 0.15) is 0 Å². The van der Waals surface area contributed by atoms with Crippen LogP contribution in [0.4, 0.5) is 0 Å². The van der Waals surface area contributed by atoms with Crippen LogP contribution in [-0.4, -0.2) is 0 Å². The maximum atomic E-state index is 4.00. The van der Waals surface area contributed by atoms with Crippen LogP contribution in [0, 0.1) is 12.8 Å². The fraction of sp³-hybridized carbons (Fsp3) is 0.333. The van der Waals surface area contributed by atoms with Crippen LogP contribution in [0.2, 0.25) is 0 Å². The summed E-state index contributed by atoms with van der Waals surface area (Å²) in [6, 6.07) is 19.6. The number of unbranched alkanes of at least 4 members (excludes halogenated alkanes) is 4. The normalized spacial score (nSPS) is 9.67. The lowest BCUT2D eigenvalue weighted by molar-refractivity contribution is 0.632. The highest BCUT2D eigenvalue weighted by Crippen LogP contribution is 2.20. The number of hydrogen-bond acceptors (Lipinski definition) is 0. The van der Waals surface area contributed by atoms with Gasteiger partial charge in [-0.2, -0.15) is 0 Å². The van der Waals surface area contributed by atoms with E-state index in [2.05, 4.69) is 74.4 Å². The molecule has 0 saturated carbocycles. The first-order valence-corrected chi connectivity index (χ1v) is 7.88. The van der Waals surface area contributed by atoms with Gasteiger partial charge in [0, 0.05) is 0 Å². The summed E-state index contributed by atoms with van der Waals surface area (Å²) >= 11 is 0. The summed E-state index contributed by atoms with van der Waals surface area (Å²) in [4.78, 5) is 0. The minimum atomic E-state index is 1.22. The van der Waals surface area contributed by atoms with Crippen molar-refractivity contribution >= 4 is 0 Å². The molecule has 0 aliphatic carbocycles. The van der Waals surface area contributed by atoms with Gasteiger partial charge in [0.25, 0.3) is 0 Å². The summed E-state index contributed by atoms with van der Waals surface area (Å²) in [7, 11) is 0. The fourth-order valence-corrected chi connectivity index (χ4v) is 2.43. The lowest BCUT2D eigenvalue weighted by Crippen LogP contribution is -1.86. The first-order valence-electron chi connectivity index (χ1n) is 7.88. The molecule has 2 aromatic rings. The number of terminal acetylenes is 1. The van der Waals surface area contributed by atoms with Crippen molar-refractivity contribution in [2.45, 2.75) is 45.4 Å². The molecular formula is C21H26. The van der Waals surface area contributed by atoms with Crippen molar-refractivity contribution in [2.75, 3.05) is 0 Å². The van der Waals surface area contributed by atoms with Gasteiger partial charge in [0.15, 0.2) is 0 Å². The van der Waals surface area contributed by atoms with Crippen molar-refractivity contribution in [1.29, 1.82) is 0 Å². The summed E-state index contributed by atoms with van der Waals surface area (Å²) in [6.45, 7) is 2.27. The smallest absolute Gasteiger partial charge is 0.0184 e. The Morgan fingerprint density at radius 2 is 1.24 bits per heavy atom. The zero-order valence-electron chi connectivity index (χ0n) is 13.1.